The van der Waals surface area contributed by atoms with E-state index >= 15 is 0 Å². The summed E-state index contributed by atoms with van der Waals surface area (Å²) in [7, 11) is 0. The van der Waals surface area contributed by atoms with Gasteiger partial charge in [-0.25, -0.2) is 4.39 Å². The predicted octanol–water partition coefficient (Wildman–Crippen LogP) is 2.20. The first-order chi connectivity index (χ1) is 16.5. The average Bonchev–Trinajstić information content (AvgIpc) is 3.14. The van der Waals surface area contributed by atoms with Crippen LogP contribution < -0.4 is 0 Å². The number of likely N-dealkylation sites (tertiary alicyclic amines) is 2. The Bertz CT molecular complexity index is 1340. The molecule has 2 fully saturated rings. The van der Waals surface area contributed by atoms with Gasteiger partial charge in [0.1, 0.15) is 22.4 Å². The van der Waals surface area contributed by atoms with Gasteiger partial charge in [-0.05, 0) is 18.2 Å². The zero-order valence-electron chi connectivity index (χ0n) is 18.0. The molecule has 0 radical (unpaired) electrons. The van der Waals surface area contributed by atoms with Crippen molar-refractivity contribution in [3.8, 4) is 11.3 Å². The molecule has 2 aliphatic heterocycles. The van der Waals surface area contributed by atoms with Crippen LogP contribution in [-0.2, 0) is 11.0 Å². The van der Waals surface area contributed by atoms with Crippen LogP contribution in [0.2, 0.25) is 0 Å². The van der Waals surface area contributed by atoms with Crippen molar-refractivity contribution in [3.05, 3.63) is 54.3 Å². The summed E-state index contributed by atoms with van der Waals surface area (Å²) in [5.41, 5.74) is 0.217. The Balaban J connectivity index is 1.59. The molecular weight excluding hydrogens is 472 g/mol. The van der Waals surface area contributed by atoms with Gasteiger partial charge in [0.2, 0.25) is 0 Å². The molecule has 0 bridgehead atoms. The summed E-state index contributed by atoms with van der Waals surface area (Å²) in [5, 5.41) is 14.1. The fraction of sp³-hybridized carbons (Fsp3) is 0.318. The lowest BCUT2D eigenvalue weighted by atomic mass is 10.1. The van der Waals surface area contributed by atoms with Crippen molar-refractivity contribution in [2.45, 2.75) is 18.3 Å². The van der Waals surface area contributed by atoms with Gasteiger partial charge >= 0.3 is 6.18 Å². The maximum atomic E-state index is 13.3. The number of carbonyl (C=O) groups is 2. The minimum atomic E-state index is -4.61. The first-order valence-electron chi connectivity index (χ1n) is 10.6. The number of fused-ring (bicyclic) bond motifs is 1. The number of aliphatic hydroxyl groups excluding tert-OH is 1. The lowest BCUT2D eigenvalue weighted by Gasteiger charge is -2.39. The molecule has 0 saturated carbocycles. The molecule has 2 amide bonds. The van der Waals surface area contributed by atoms with E-state index in [1.165, 1.54) is 32.8 Å². The number of β-amino-alcohol motifs (C(OH)–C–C–N with tert-alkyl or cyclic N) is 1. The van der Waals surface area contributed by atoms with Crippen molar-refractivity contribution >= 4 is 22.8 Å². The highest BCUT2D eigenvalue weighted by Gasteiger charge is 2.38. The van der Waals surface area contributed by atoms with Crippen molar-refractivity contribution in [2.75, 3.05) is 26.2 Å². The van der Waals surface area contributed by atoms with E-state index in [1.54, 1.807) is 0 Å². The number of rotatable bonds is 4. The normalized spacial score (nSPS) is 16.8. The molecule has 2 aliphatic rings. The first kappa shape index (κ1) is 22.9. The van der Waals surface area contributed by atoms with Gasteiger partial charge in [0.05, 0.1) is 17.7 Å². The maximum absolute atomic E-state index is 13.3. The third-order valence-corrected chi connectivity index (χ3v) is 6.02. The number of aliphatic hydroxyl groups is 1. The van der Waals surface area contributed by atoms with Crippen LogP contribution in [-0.4, -0.2) is 78.8 Å². The highest BCUT2D eigenvalue weighted by atomic mass is 19.4. The Morgan fingerprint density at radius 1 is 1.06 bits per heavy atom. The molecule has 5 rings (SSSR count). The predicted molar refractivity (Wildman–Crippen MR) is 114 cm³/mol. The van der Waals surface area contributed by atoms with Crippen molar-refractivity contribution in [2.24, 2.45) is 0 Å². The molecule has 13 heteroatoms. The molecule has 0 aromatic carbocycles. The Hall–Kier alpha value is -3.87. The van der Waals surface area contributed by atoms with E-state index in [9.17, 15) is 32.3 Å². The SMILES string of the molecule is C=C(F)C(=O)N1CC(n2nc(-c3ccc(C(F)(F)F)nc3)c3nccc(C(=O)N4CC(O)C4)c32)C1. The van der Waals surface area contributed by atoms with E-state index in [0.717, 1.165) is 12.3 Å². The molecular formula is C22H18F4N6O3. The van der Waals surface area contributed by atoms with Gasteiger partial charge in [-0.15, -0.1) is 0 Å². The number of carbonyl (C=O) groups excluding carboxylic acids is 2. The Morgan fingerprint density at radius 2 is 1.77 bits per heavy atom. The molecule has 0 spiro atoms. The third kappa shape index (κ3) is 3.91. The van der Waals surface area contributed by atoms with E-state index in [0.29, 0.717) is 5.52 Å². The Labute approximate surface area is 195 Å². The molecule has 0 unspecified atom stereocenters. The van der Waals surface area contributed by atoms with Crippen molar-refractivity contribution < 1.29 is 32.3 Å². The van der Waals surface area contributed by atoms with Crippen molar-refractivity contribution in [3.63, 3.8) is 0 Å². The molecule has 35 heavy (non-hydrogen) atoms. The highest BCUT2D eigenvalue weighted by Crippen LogP contribution is 2.35. The van der Waals surface area contributed by atoms with Crippen LogP contribution in [0.25, 0.3) is 22.3 Å². The number of amides is 2. The number of halogens is 4. The molecule has 182 valence electrons. The Morgan fingerprint density at radius 3 is 2.34 bits per heavy atom. The lowest BCUT2D eigenvalue weighted by molar-refractivity contribution is -0.141. The molecule has 3 aromatic heterocycles. The quantitative estimate of drug-likeness (QED) is 0.444. The van der Waals surface area contributed by atoms with E-state index < -0.39 is 35.8 Å². The number of alkyl halides is 3. The summed E-state index contributed by atoms with van der Waals surface area (Å²) in [6.07, 6.45) is -2.81. The number of pyridine rings is 2. The lowest BCUT2D eigenvalue weighted by Crippen LogP contribution is -2.53. The van der Waals surface area contributed by atoms with Gasteiger partial charge in [0.15, 0.2) is 5.83 Å². The van der Waals surface area contributed by atoms with Crippen LogP contribution in [0.1, 0.15) is 22.1 Å². The summed E-state index contributed by atoms with van der Waals surface area (Å²) in [6.45, 7) is 3.51. The molecule has 9 nitrogen and oxygen atoms in total. The molecule has 0 atom stereocenters. The number of hydrogen-bond acceptors (Lipinski definition) is 6. The number of nitrogens with zero attached hydrogens (tertiary/aromatic N) is 6. The number of aromatic nitrogens is 4. The van der Waals surface area contributed by atoms with Crippen LogP contribution in [0, 0.1) is 0 Å². The van der Waals surface area contributed by atoms with Crippen LogP contribution in [0.3, 0.4) is 0 Å². The number of hydrogen-bond donors (Lipinski definition) is 1. The van der Waals surface area contributed by atoms with Gasteiger partial charge < -0.3 is 14.9 Å². The zero-order chi connectivity index (χ0) is 25.1. The van der Waals surface area contributed by atoms with Crippen LogP contribution in [0.4, 0.5) is 17.6 Å². The summed E-state index contributed by atoms with van der Waals surface area (Å²) >= 11 is 0. The third-order valence-electron chi connectivity index (χ3n) is 6.02. The van der Waals surface area contributed by atoms with Crippen LogP contribution >= 0.6 is 0 Å². The molecule has 0 aliphatic carbocycles. The van der Waals surface area contributed by atoms with E-state index in [4.69, 9.17) is 0 Å². The molecule has 1 N–H and O–H groups in total. The van der Waals surface area contributed by atoms with Gasteiger partial charge in [-0.3, -0.25) is 24.2 Å². The van der Waals surface area contributed by atoms with Crippen LogP contribution in [0.5, 0.6) is 0 Å². The standard InChI is InChI=1S/C22H18F4N6O3/c1-11(23)20(34)30-7-13(8-30)32-19-15(21(35)31-9-14(33)10-31)4-5-27-18(19)17(29-32)12-2-3-16(28-6-12)22(24,25)26/h2-6,13-14,33H,1,7-10H2. The fourth-order valence-corrected chi connectivity index (χ4v) is 4.14. The monoisotopic (exact) mass is 490 g/mol. The van der Waals surface area contributed by atoms with Crippen molar-refractivity contribution in [1.29, 1.82) is 0 Å². The van der Waals surface area contributed by atoms with Gasteiger partial charge in [-0.1, -0.05) is 6.58 Å². The molecule has 2 saturated heterocycles. The zero-order valence-corrected chi connectivity index (χ0v) is 18.0. The fourth-order valence-electron chi connectivity index (χ4n) is 4.14. The topological polar surface area (TPSA) is 104 Å². The molecule has 3 aromatic rings. The maximum Gasteiger partial charge on any atom is 0.433 e. The summed E-state index contributed by atoms with van der Waals surface area (Å²) < 4.78 is 53.6. The molecule has 5 heterocycles. The summed E-state index contributed by atoms with van der Waals surface area (Å²) in [4.78, 5) is 35.5. The average molecular weight is 490 g/mol. The first-order valence-corrected chi connectivity index (χ1v) is 10.6. The minimum Gasteiger partial charge on any atom is -0.389 e. The van der Waals surface area contributed by atoms with Crippen molar-refractivity contribution in [1.82, 2.24) is 29.5 Å². The second-order valence-corrected chi connectivity index (χ2v) is 8.41. The highest BCUT2D eigenvalue weighted by molar-refractivity contribution is 6.07. The van der Waals surface area contributed by atoms with Gasteiger partial charge in [0.25, 0.3) is 11.8 Å². The summed E-state index contributed by atoms with van der Waals surface area (Å²) in [6, 6.07) is 3.10. The Kier molecular flexibility index (Phi) is 5.31. The van der Waals surface area contributed by atoms with Crippen LogP contribution in [0.15, 0.2) is 43.0 Å². The summed E-state index contributed by atoms with van der Waals surface area (Å²) in [5.74, 6) is -2.32. The smallest absolute Gasteiger partial charge is 0.389 e. The van der Waals surface area contributed by atoms with E-state index in [-0.39, 0.29) is 54.4 Å². The second kappa shape index (κ2) is 8.12. The van der Waals surface area contributed by atoms with E-state index in [1.807, 2.05) is 0 Å². The van der Waals surface area contributed by atoms with E-state index in [2.05, 4.69) is 21.6 Å². The minimum absolute atomic E-state index is 0.0915. The largest absolute Gasteiger partial charge is 0.433 e. The van der Waals surface area contributed by atoms with Gasteiger partial charge in [-0.2, -0.15) is 18.3 Å². The van der Waals surface area contributed by atoms with Gasteiger partial charge in [0, 0.05) is 44.1 Å². The second-order valence-electron chi connectivity index (χ2n) is 8.41.